The number of ether oxygens (including phenoxy) is 1. The molecule has 2 atom stereocenters. The van der Waals surface area contributed by atoms with E-state index >= 15 is 0 Å². The molecule has 96 valence electrons. The molecule has 1 N–H and O–H groups in total. The van der Waals surface area contributed by atoms with Gasteiger partial charge in [0, 0.05) is 28.9 Å². The number of aryl methyl sites for hydroxylation is 1. The van der Waals surface area contributed by atoms with E-state index in [2.05, 4.69) is 38.2 Å². The van der Waals surface area contributed by atoms with E-state index in [1.54, 1.807) is 0 Å². The van der Waals surface area contributed by atoms with Crippen molar-refractivity contribution in [2.24, 2.45) is 5.92 Å². The van der Waals surface area contributed by atoms with Crippen LogP contribution in [0.25, 0.3) is 0 Å². The first-order valence-electron chi connectivity index (χ1n) is 6.64. The van der Waals surface area contributed by atoms with Crippen LogP contribution in [0, 0.1) is 5.92 Å². The first kappa shape index (κ1) is 13.1. The Morgan fingerprint density at radius 2 is 2.29 bits per heavy atom. The van der Waals surface area contributed by atoms with E-state index in [1.165, 1.54) is 9.75 Å². The Hall–Kier alpha value is -0.380. The summed E-state index contributed by atoms with van der Waals surface area (Å²) in [5.41, 5.74) is 0. The number of hydrogen-bond donors (Lipinski definition) is 1. The molecule has 0 saturated carbocycles. The van der Waals surface area contributed by atoms with Gasteiger partial charge in [-0.25, -0.2) is 0 Å². The Kier molecular flexibility index (Phi) is 4.60. The van der Waals surface area contributed by atoms with E-state index in [1.807, 2.05) is 11.3 Å². The van der Waals surface area contributed by atoms with E-state index < -0.39 is 0 Å². The van der Waals surface area contributed by atoms with Crippen molar-refractivity contribution in [2.45, 2.75) is 45.8 Å². The monoisotopic (exact) mass is 253 g/mol. The Morgan fingerprint density at radius 1 is 1.47 bits per heavy atom. The van der Waals surface area contributed by atoms with Gasteiger partial charge in [-0.05, 0) is 30.9 Å². The minimum absolute atomic E-state index is 0.254. The van der Waals surface area contributed by atoms with Crippen LogP contribution in [0.1, 0.15) is 43.1 Å². The lowest BCUT2D eigenvalue weighted by molar-refractivity contribution is 0.0685. The zero-order valence-corrected chi connectivity index (χ0v) is 11.8. The molecule has 1 aliphatic heterocycles. The quantitative estimate of drug-likeness (QED) is 0.891. The van der Waals surface area contributed by atoms with Crippen molar-refractivity contribution < 1.29 is 4.74 Å². The maximum absolute atomic E-state index is 5.98. The van der Waals surface area contributed by atoms with E-state index in [9.17, 15) is 0 Å². The minimum atomic E-state index is 0.254. The van der Waals surface area contributed by atoms with Gasteiger partial charge in [0.25, 0.3) is 0 Å². The molecule has 0 bridgehead atoms. The van der Waals surface area contributed by atoms with Gasteiger partial charge in [0.2, 0.25) is 0 Å². The van der Waals surface area contributed by atoms with E-state index in [-0.39, 0.29) is 6.10 Å². The average molecular weight is 253 g/mol. The van der Waals surface area contributed by atoms with E-state index in [4.69, 9.17) is 4.74 Å². The lowest BCUT2D eigenvalue weighted by Crippen LogP contribution is -2.34. The summed E-state index contributed by atoms with van der Waals surface area (Å²) in [6, 6.07) is 5.06. The third-order valence-corrected chi connectivity index (χ3v) is 4.79. The van der Waals surface area contributed by atoms with Gasteiger partial charge in [-0.15, -0.1) is 11.3 Å². The topological polar surface area (TPSA) is 21.3 Å². The van der Waals surface area contributed by atoms with E-state index in [0.29, 0.717) is 12.0 Å². The van der Waals surface area contributed by atoms with Crippen molar-refractivity contribution in [3.05, 3.63) is 21.9 Å². The van der Waals surface area contributed by atoms with Crippen LogP contribution in [0.3, 0.4) is 0 Å². The summed E-state index contributed by atoms with van der Waals surface area (Å²) in [4.78, 5) is 2.83. The van der Waals surface area contributed by atoms with Crippen LogP contribution in [-0.4, -0.2) is 19.2 Å². The molecule has 2 nitrogen and oxygen atoms in total. The van der Waals surface area contributed by atoms with Crippen LogP contribution in [0.5, 0.6) is 0 Å². The highest BCUT2D eigenvalue weighted by atomic mass is 32.1. The van der Waals surface area contributed by atoms with Crippen LogP contribution in [0.15, 0.2) is 12.1 Å². The van der Waals surface area contributed by atoms with Crippen molar-refractivity contribution in [2.75, 3.05) is 13.2 Å². The molecule has 0 spiro atoms. The Labute approximate surface area is 108 Å². The number of hydrogen-bond acceptors (Lipinski definition) is 3. The fraction of sp³-hybridized carbons (Fsp3) is 0.714. The maximum Gasteiger partial charge on any atom is 0.104 e. The van der Waals surface area contributed by atoms with Gasteiger partial charge in [-0.1, -0.05) is 20.8 Å². The van der Waals surface area contributed by atoms with Gasteiger partial charge in [0.1, 0.15) is 6.10 Å². The molecule has 0 radical (unpaired) electrons. The Morgan fingerprint density at radius 3 is 2.94 bits per heavy atom. The van der Waals surface area contributed by atoms with Gasteiger partial charge in [0.15, 0.2) is 0 Å². The standard InChI is InChI=1S/C14H23NOS/c1-4-11-5-6-14(17-11)13-9-15-12(10(2)3)7-8-16-13/h5-6,10,12-13,15H,4,7-9H2,1-3H3. The lowest BCUT2D eigenvalue weighted by Gasteiger charge is -2.19. The molecule has 2 unspecified atom stereocenters. The smallest absolute Gasteiger partial charge is 0.104 e. The minimum Gasteiger partial charge on any atom is -0.371 e. The van der Waals surface area contributed by atoms with Crippen LogP contribution >= 0.6 is 11.3 Å². The molecule has 0 aliphatic carbocycles. The van der Waals surface area contributed by atoms with Crippen LogP contribution < -0.4 is 5.32 Å². The summed E-state index contributed by atoms with van der Waals surface area (Å²) in [6.45, 7) is 8.58. The second kappa shape index (κ2) is 5.98. The molecule has 0 aromatic carbocycles. The third kappa shape index (κ3) is 3.30. The highest BCUT2D eigenvalue weighted by Gasteiger charge is 2.22. The van der Waals surface area contributed by atoms with Gasteiger partial charge in [0.05, 0.1) is 0 Å². The maximum atomic E-state index is 5.98. The van der Waals surface area contributed by atoms with Gasteiger partial charge in [-0.3, -0.25) is 0 Å². The Bertz CT molecular complexity index is 348. The van der Waals surface area contributed by atoms with Crippen LogP contribution in [0.2, 0.25) is 0 Å². The normalized spacial score (nSPS) is 26.1. The summed E-state index contributed by atoms with van der Waals surface area (Å²) in [7, 11) is 0. The highest BCUT2D eigenvalue weighted by Crippen LogP contribution is 2.28. The van der Waals surface area contributed by atoms with E-state index in [0.717, 1.165) is 26.0 Å². The number of nitrogens with one attached hydrogen (secondary N) is 1. The van der Waals surface area contributed by atoms with Crippen LogP contribution in [0.4, 0.5) is 0 Å². The average Bonchev–Trinajstić information content (AvgIpc) is 2.65. The molecule has 2 heterocycles. The van der Waals surface area contributed by atoms with Gasteiger partial charge in [-0.2, -0.15) is 0 Å². The van der Waals surface area contributed by atoms with Crippen molar-refractivity contribution in [3.63, 3.8) is 0 Å². The summed E-state index contributed by atoms with van der Waals surface area (Å²) >= 11 is 1.89. The zero-order valence-electron chi connectivity index (χ0n) is 11.0. The predicted octanol–water partition coefficient (Wildman–Crippen LogP) is 3.39. The van der Waals surface area contributed by atoms with Crippen molar-refractivity contribution >= 4 is 11.3 Å². The summed E-state index contributed by atoms with van der Waals surface area (Å²) in [5, 5.41) is 3.64. The molecular formula is C14H23NOS. The fourth-order valence-corrected chi connectivity index (χ4v) is 3.27. The molecule has 1 fully saturated rings. The fourth-order valence-electron chi connectivity index (χ4n) is 2.27. The van der Waals surface area contributed by atoms with Crippen molar-refractivity contribution in [1.29, 1.82) is 0 Å². The number of rotatable bonds is 3. The second-order valence-corrected chi connectivity index (χ2v) is 6.26. The third-order valence-electron chi connectivity index (χ3n) is 3.47. The Balaban J connectivity index is 1.98. The second-order valence-electron chi connectivity index (χ2n) is 5.06. The molecule has 1 saturated heterocycles. The first-order valence-corrected chi connectivity index (χ1v) is 7.46. The summed E-state index contributed by atoms with van der Waals surface area (Å²) in [6.07, 6.45) is 2.50. The number of thiophene rings is 1. The largest absolute Gasteiger partial charge is 0.371 e. The zero-order chi connectivity index (χ0) is 12.3. The molecular weight excluding hydrogens is 230 g/mol. The summed E-state index contributed by atoms with van der Waals surface area (Å²) in [5.74, 6) is 0.687. The van der Waals surface area contributed by atoms with Crippen molar-refractivity contribution in [3.8, 4) is 0 Å². The molecule has 1 aliphatic rings. The lowest BCUT2D eigenvalue weighted by atomic mass is 10.0. The molecule has 17 heavy (non-hydrogen) atoms. The van der Waals surface area contributed by atoms with Gasteiger partial charge < -0.3 is 10.1 Å². The molecule has 3 heteroatoms. The predicted molar refractivity (Wildman–Crippen MR) is 73.6 cm³/mol. The van der Waals surface area contributed by atoms with Crippen molar-refractivity contribution in [1.82, 2.24) is 5.32 Å². The SMILES string of the molecule is CCc1ccc(C2CNC(C(C)C)CCO2)s1. The van der Waals surface area contributed by atoms with Crippen LogP contribution in [-0.2, 0) is 11.2 Å². The molecule has 2 rings (SSSR count). The van der Waals surface area contributed by atoms with Gasteiger partial charge >= 0.3 is 0 Å². The molecule has 0 amide bonds. The summed E-state index contributed by atoms with van der Waals surface area (Å²) < 4.78 is 5.98. The first-order chi connectivity index (χ1) is 8.20. The molecule has 1 aromatic rings. The molecule has 1 aromatic heterocycles. The highest BCUT2D eigenvalue weighted by molar-refractivity contribution is 7.12.